The van der Waals surface area contributed by atoms with Crippen molar-refractivity contribution in [2.24, 2.45) is 17.3 Å². The van der Waals surface area contributed by atoms with E-state index in [1.165, 1.54) is 31.4 Å². The van der Waals surface area contributed by atoms with Crippen LogP contribution in [0.1, 0.15) is 69.9 Å². The summed E-state index contributed by atoms with van der Waals surface area (Å²) in [6, 6.07) is 6.16. The molecule has 3 aliphatic carbocycles. The molecule has 2 fully saturated rings. The molecule has 0 radical (unpaired) electrons. The molecular formula is C22H28O4. The lowest BCUT2D eigenvalue weighted by Gasteiger charge is -2.50. The van der Waals surface area contributed by atoms with E-state index in [2.05, 4.69) is 19.1 Å². The van der Waals surface area contributed by atoms with Crippen LogP contribution in [-0.4, -0.2) is 18.0 Å². The van der Waals surface area contributed by atoms with Gasteiger partial charge in [0, 0.05) is 19.3 Å². The molecule has 1 aromatic carbocycles. The number of ether oxygens (including phenoxy) is 2. The van der Waals surface area contributed by atoms with E-state index in [0.29, 0.717) is 23.5 Å². The van der Waals surface area contributed by atoms with Crippen LogP contribution in [0.25, 0.3) is 0 Å². The molecule has 140 valence electrons. The van der Waals surface area contributed by atoms with Crippen molar-refractivity contribution in [3.63, 3.8) is 0 Å². The molecule has 4 rings (SSSR count). The fraction of sp³-hybridized carbons (Fsp3) is 0.636. The molecule has 1 aromatic rings. The molecule has 0 saturated heterocycles. The van der Waals surface area contributed by atoms with Gasteiger partial charge >= 0.3 is 11.9 Å². The second-order valence-electron chi connectivity index (χ2n) is 8.59. The zero-order valence-electron chi connectivity index (χ0n) is 15.9. The van der Waals surface area contributed by atoms with Crippen molar-refractivity contribution in [1.82, 2.24) is 0 Å². The molecular weight excluding hydrogens is 328 g/mol. The molecule has 0 spiro atoms. The minimum atomic E-state index is -0.269. The number of benzene rings is 1. The van der Waals surface area contributed by atoms with Crippen molar-refractivity contribution in [3.05, 3.63) is 29.3 Å². The van der Waals surface area contributed by atoms with E-state index in [0.717, 1.165) is 32.1 Å². The van der Waals surface area contributed by atoms with Crippen LogP contribution in [0.3, 0.4) is 0 Å². The number of fused-ring (bicyclic) bond motifs is 5. The molecule has 0 N–H and O–H groups in total. The predicted octanol–water partition coefficient (Wildman–Crippen LogP) is 4.40. The number of carbonyl (C=O) groups is 2. The SMILES string of the molecule is CC(=O)Oc1ccc2c(c1)CCC1C2CC[C@@]2(C)C1CC[C@@H]2OC(C)=O. The van der Waals surface area contributed by atoms with Crippen LogP contribution in [0.15, 0.2) is 18.2 Å². The van der Waals surface area contributed by atoms with Gasteiger partial charge in [-0.1, -0.05) is 13.0 Å². The van der Waals surface area contributed by atoms with Crippen LogP contribution in [0.4, 0.5) is 0 Å². The Bertz CT molecular complexity index is 740. The summed E-state index contributed by atoms with van der Waals surface area (Å²) < 4.78 is 11.0. The summed E-state index contributed by atoms with van der Waals surface area (Å²) in [5, 5.41) is 0. The normalized spacial score (nSPS) is 35.0. The third-order valence-corrected chi connectivity index (χ3v) is 7.18. The number of aryl methyl sites for hydroxylation is 1. The fourth-order valence-electron chi connectivity index (χ4n) is 6.13. The van der Waals surface area contributed by atoms with Gasteiger partial charge in [0.25, 0.3) is 0 Å². The van der Waals surface area contributed by atoms with Gasteiger partial charge in [0.2, 0.25) is 0 Å². The molecule has 0 aliphatic heterocycles. The first-order valence-electron chi connectivity index (χ1n) is 9.87. The topological polar surface area (TPSA) is 52.6 Å². The number of hydrogen-bond donors (Lipinski definition) is 0. The molecule has 5 atom stereocenters. The molecule has 4 heteroatoms. The highest BCUT2D eigenvalue weighted by Crippen LogP contribution is 2.61. The van der Waals surface area contributed by atoms with E-state index in [4.69, 9.17) is 9.47 Å². The highest BCUT2D eigenvalue weighted by Gasteiger charge is 2.56. The molecule has 0 aromatic heterocycles. The van der Waals surface area contributed by atoms with E-state index in [1.54, 1.807) is 0 Å². The zero-order valence-corrected chi connectivity index (χ0v) is 15.9. The largest absolute Gasteiger partial charge is 0.462 e. The Morgan fingerprint density at radius 3 is 2.62 bits per heavy atom. The third kappa shape index (κ3) is 2.83. The average molecular weight is 356 g/mol. The van der Waals surface area contributed by atoms with Crippen molar-refractivity contribution in [2.75, 3.05) is 0 Å². The maximum absolute atomic E-state index is 11.5. The van der Waals surface area contributed by atoms with Gasteiger partial charge in [-0.3, -0.25) is 9.59 Å². The van der Waals surface area contributed by atoms with Gasteiger partial charge in [-0.15, -0.1) is 0 Å². The second kappa shape index (κ2) is 6.40. The Hall–Kier alpha value is -1.84. The first-order valence-corrected chi connectivity index (χ1v) is 9.87. The first-order chi connectivity index (χ1) is 12.4. The zero-order chi connectivity index (χ0) is 18.5. The van der Waals surface area contributed by atoms with Gasteiger partial charge in [0.1, 0.15) is 11.9 Å². The third-order valence-electron chi connectivity index (χ3n) is 7.18. The summed E-state index contributed by atoms with van der Waals surface area (Å²) >= 11 is 0. The minimum absolute atomic E-state index is 0.0821. The highest BCUT2D eigenvalue weighted by molar-refractivity contribution is 5.69. The molecule has 0 amide bonds. The van der Waals surface area contributed by atoms with E-state index >= 15 is 0 Å². The lowest BCUT2D eigenvalue weighted by molar-refractivity contribution is -0.154. The second-order valence-corrected chi connectivity index (χ2v) is 8.59. The summed E-state index contributed by atoms with van der Waals surface area (Å²) in [6.07, 6.45) is 6.72. The molecule has 3 unspecified atom stereocenters. The van der Waals surface area contributed by atoms with E-state index in [-0.39, 0.29) is 23.5 Å². The Kier molecular flexibility index (Phi) is 4.32. The van der Waals surface area contributed by atoms with Crippen LogP contribution >= 0.6 is 0 Å². The Balaban J connectivity index is 1.58. The minimum Gasteiger partial charge on any atom is -0.462 e. The standard InChI is InChI=1S/C22H28O4/c1-13(23)25-16-5-7-17-15(12-16)4-6-19-18(17)10-11-22(3)20(19)8-9-21(22)26-14(2)24/h5,7,12,18-21H,4,6,8-11H2,1-3H3/t18?,19?,20?,21-,22-/m0/s1. The predicted molar refractivity (Wildman–Crippen MR) is 97.9 cm³/mol. The molecule has 2 saturated carbocycles. The summed E-state index contributed by atoms with van der Waals surface area (Å²) in [7, 11) is 0. The molecule has 26 heavy (non-hydrogen) atoms. The summed E-state index contributed by atoms with van der Waals surface area (Å²) in [5.74, 6) is 2.12. The van der Waals surface area contributed by atoms with Gasteiger partial charge in [-0.25, -0.2) is 0 Å². The van der Waals surface area contributed by atoms with Gasteiger partial charge in [0.05, 0.1) is 0 Å². The van der Waals surface area contributed by atoms with Crippen LogP contribution in [-0.2, 0) is 20.7 Å². The van der Waals surface area contributed by atoms with E-state index < -0.39 is 0 Å². The number of esters is 2. The van der Waals surface area contributed by atoms with Crippen molar-refractivity contribution < 1.29 is 19.1 Å². The number of carbonyl (C=O) groups excluding carboxylic acids is 2. The maximum atomic E-state index is 11.5. The smallest absolute Gasteiger partial charge is 0.308 e. The summed E-state index contributed by atoms with van der Waals surface area (Å²) in [5.41, 5.74) is 2.90. The Morgan fingerprint density at radius 2 is 1.88 bits per heavy atom. The Labute approximate surface area is 155 Å². The first kappa shape index (κ1) is 17.6. The monoisotopic (exact) mass is 356 g/mol. The van der Waals surface area contributed by atoms with Gasteiger partial charge in [0.15, 0.2) is 0 Å². The van der Waals surface area contributed by atoms with Crippen LogP contribution < -0.4 is 4.74 Å². The average Bonchev–Trinajstić information content (AvgIpc) is 2.90. The van der Waals surface area contributed by atoms with Crippen LogP contribution in [0.2, 0.25) is 0 Å². The summed E-state index contributed by atoms with van der Waals surface area (Å²) in [6.45, 7) is 5.31. The Morgan fingerprint density at radius 1 is 1.08 bits per heavy atom. The van der Waals surface area contributed by atoms with Crippen molar-refractivity contribution in [1.29, 1.82) is 0 Å². The lowest BCUT2D eigenvalue weighted by Crippen LogP contribution is -2.45. The maximum Gasteiger partial charge on any atom is 0.308 e. The van der Waals surface area contributed by atoms with Gasteiger partial charge in [-0.2, -0.15) is 0 Å². The van der Waals surface area contributed by atoms with Crippen molar-refractivity contribution in [2.45, 2.75) is 71.3 Å². The van der Waals surface area contributed by atoms with E-state index in [1.807, 2.05) is 6.07 Å². The quantitative estimate of drug-likeness (QED) is 0.582. The molecule has 3 aliphatic rings. The molecule has 0 bridgehead atoms. The van der Waals surface area contributed by atoms with E-state index in [9.17, 15) is 9.59 Å². The number of hydrogen-bond acceptors (Lipinski definition) is 4. The van der Waals surface area contributed by atoms with Crippen molar-refractivity contribution >= 4 is 11.9 Å². The lowest BCUT2D eigenvalue weighted by atomic mass is 9.55. The molecule has 4 nitrogen and oxygen atoms in total. The van der Waals surface area contributed by atoms with Gasteiger partial charge in [-0.05, 0) is 79.5 Å². The fourth-order valence-corrected chi connectivity index (χ4v) is 6.13. The van der Waals surface area contributed by atoms with Crippen LogP contribution in [0.5, 0.6) is 5.75 Å². The number of rotatable bonds is 2. The summed E-state index contributed by atoms with van der Waals surface area (Å²) in [4.78, 5) is 22.7. The van der Waals surface area contributed by atoms with Crippen molar-refractivity contribution in [3.8, 4) is 5.75 Å². The molecule has 0 heterocycles. The van der Waals surface area contributed by atoms with Gasteiger partial charge < -0.3 is 9.47 Å². The van der Waals surface area contributed by atoms with Crippen LogP contribution in [0, 0.1) is 17.3 Å². The highest BCUT2D eigenvalue weighted by atomic mass is 16.5.